The Kier molecular flexibility index (Phi) is 3.74. The molecule has 6 heteroatoms. The van der Waals surface area contributed by atoms with Crippen LogP contribution in [0.3, 0.4) is 0 Å². The first-order chi connectivity index (χ1) is 11.7. The number of aromatic hydroxyl groups is 1. The lowest BCUT2D eigenvalue weighted by Crippen LogP contribution is -2.36. The van der Waals surface area contributed by atoms with Crippen molar-refractivity contribution in [1.82, 2.24) is 9.97 Å². The highest BCUT2D eigenvalue weighted by Gasteiger charge is 2.13. The van der Waals surface area contributed by atoms with Gasteiger partial charge in [-0.25, -0.2) is 4.98 Å². The van der Waals surface area contributed by atoms with E-state index in [1.54, 1.807) is 12.1 Å². The summed E-state index contributed by atoms with van der Waals surface area (Å²) in [5.41, 5.74) is 3.94. The average molecular weight is 325 g/mol. The van der Waals surface area contributed by atoms with E-state index in [9.17, 15) is 5.11 Å². The van der Waals surface area contributed by atoms with Gasteiger partial charge in [-0.05, 0) is 36.4 Å². The summed E-state index contributed by atoms with van der Waals surface area (Å²) in [6.45, 7) is 3.34. The molecule has 124 valence electrons. The maximum atomic E-state index is 9.73. The van der Waals surface area contributed by atoms with Gasteiger partial charge >= 0.3 is 0 Å². The van der Waals surface area contributed by atoms with Gasteiger partial charge in [0.25, 0.3) is 0 Å². The molecule has 0 spiro atoms. The molecule has 1 aromatic heterocycles. The van der Waals surface area contributed by atoms with E-state index in [0.29, 0.717) is 5.75 Å². The zero-order valence-electron chi connectivity index (χ0n) is 13.5. The van der Waals surface area contributed by atoms with Gasteiger partial charge < -0.3 is 24.5 Å². The lowest BCUT2D eigenvalue weighted by Gasteiger charge is -2.28. The molecule has 0 atom stereocenters. The standard InChI is InChI=1S/C18H19N3O3/c1-23-17-10-12(2-5-16(17)22)18-19-14-4-3-13(11-15(14)20-18)21-6-8-24-9-7-21/h2-5,10-11,22H,6-9H2,1H3,(H,19,20). The maximum absolute atomic E-state index is 9.73. The summed E-state index contributed by atoms with van der Waals surface area (Å²) in [5, 5.41) is 9.73. The van der Waals surface area contributed by atoms with Gasteiger partial charge in [-0.1, -0.05) is 0 Å². The van der Waals surface area contributed by atoms with Crippen molar-refractivity contribution in [2.24, 2.45) is 0 Å². The first-order valence-electron chi connectivity index (χ1n) is 7.94. The van der Waals surface area contributed by atoms with Gasteiger partial charge in [0.05, 0.1) is 31.4 Å². The number of H-pyrrole nitrogens is 1. The third-order valence-electron chi connectivity index (χ3n) is 4.29. The van der Waals surface area contributed by atoms with Crippen LogP contribution in [0.15, 0.2) is 36.4 Å². The normalized spacial score (nSPS) is 15.0. The van der Waals surface area contributed by atoms with Gasteiger partial charge in [-0.15, -0.1) is 0 Å². The quantitative estimate of drug-likeness (QED) is 0.775. The molecular formula is C18H19N3O3. The predicted molar refractivity (Wildman–Crippen MR) is 92.8 cm³/mol. The number of hydrogen-bond donors (Lipinski definition) is 2. The van der Waals surface area contributed by atoms with Gasteiger partial charge in [0.2, 0.25) is 0 Å². The number of anilines is 1. The van der Waals surface area contributed by atoms with Crippen LogP contribution < -0.4 is 9.64 Å². The largest absolute Gasteiger partial charge is 0.504 e. The lowest BCUT2D eigenvalue weighted by molar-refractivity contribution is 0.122. The van der Waals surface area contributed by atoms with E-state index in [4.69, 9.17) is 9.47 Å². The number of aromatic nitrogens is 2. The van der Waals surface area contributed by atoms with Gasteiger partial charge in [-0.2, -0.15) is 0 Å². The molecule has 1 aliphatic heterocycles. The number of imidazole rings is 1. The van der Waals surface area contributed by atoms with E-state index in [1.165, 1.54) is 12.8 Å². The number of benzene rings is 2. The van der Waals surface area contributed by atoms with Gasteiger partial charge in [0.15, 0.2) is 11.5 Å². The number of phenols is 1. The molecule has 1 fully saturated rings. The van der Waals surface area contributed by atoms with Crippen LogP contribution in [0.1, 0.15) is 0 Å². The Bertz CT molecular complexity index is 869. The van der Waals surface area contributed by atoms with Gasteiger partial charge in [0, 0.05) is 24.3 Å². The zero-order valence-corrected chi connectivity index (χ0v) is 13.5. The molecular weight excluding hydrogens is 306 g/mol. The Morgan fingerprint density at radius 2 is 2.00 bits per heavy atom. The number of methoxy groups -OCH3 is 1. The first kappa shape index (κ1) is 14.8. The highest BCUT2D eigenvalue weighted by atomic mass is 16.5. The number of phenolic OH excluding ortho intramolecular Hbond substituents is 1. The summed E-state index contributed by atoms with van der Waals surface area (Å²) < 4.78 is 10.6. The number of hydrogen-bond acceptors (Lipinski definition) is 5. The third-order valence-corrected chi connectivity index (χ3v) is 4.29. The average Bonchev–Trinajstić information content (AvgIpc) is 3.06. The van der Waals surface area contributed by atoms with Crippen molar-refractivity contribution < 1.29 is 14.6 Å². The molecule has 0 unspecified atom stereocenters. The van der Waals surface area contributed by atoms with Crippen LogP contribution in [-0.4, -0.2) is 48.5 Å². The lowest BCUT2D eigenvalue weighted by atomic mass is 10.2. The van der Waals surface area contributed by atoms with Crippen molar-refractivity contribution in [1.29, 1.82) is 0 Å². The molecule has 6 nitrogen and oxygen atoms in total. The molecule has 0 radical (unpaired) electrons. The Morgan fingerprint density at radius 3 is 2.79 bits per heavy atom. The monoisotopic (exact) mass is 325 g/mol. The fourth-order valence-corrected chi connectivity index (χ4v) is 2.98. The minimum Gasteiger partial charge on any atom is -0.504 e. The molecule has 2 N–H and O–H groups in total. The Labute approximate surface area is 139 Å². The highest BCUT2D eigenvalue weighted by molar-refractivity contribution is 5.83. The molecule has 4 rings (SSSR count). The number of morpholine rings is 1. The van der Waals surface area contributed by atoms with Crippen molar-refractivity contribution >= 4 is 16.7 Å². The smallest absolute Gasteiger partial charge is 0.161 e. The van der Waals surface area contributed by atoms with Crippen LogP contribution in [0.5, 0.6) is 11.5 Å². The summed E-state index contributed by atoms with van der Waals surface area (Å²) in [7, 11) is 1.53. The zero-order chi connectivity index (χ0) is 16.5. The third kappa shape index (κ3) is 2.65. The van der Waals surface area contributed by atoms with E-state index in [-0.39, 0.29) is 5.75 Å². The summed E-state index contributed by atoms with van der Waals surface area (Å²) in [4.78, 5) is 10.3. The molecule has 0 amide bonds. The Morgan fingerprint density at radius 1 is 1.17 bits per heavy atom. The molecule has 0 bridgehead atoms. The van der Waals surface area contributed by atoms with Crippen LogP contribution in [0.4, 0.5) is 5.69 Å². The number of fused-ring (bicyclic) bond motifs is 1. The van der Waals surface area contributed by atoms with Crippen molar-refractivity contribution in [3.63, 3.8) is 0 Å². The SMILES string of the molecule is COc1cc(-c2nc3ccc(N4CCOCC4)cc3[nH]2)ccc1O. The van der Waals surface area contributed by atoms with Crippen molar-refractivity contribution in [2.75, 3.05) is 38.3 Å². The summed E-state index contributed by atoms with van der Waals surface area (Å²) in [5.74, 6) is 1.30. The second-order valence-electron chi connectivity index (χ2n) is 5.77. The number of ether oxygens (including phenoxy) is 2. The fraction of sp³-hybridized carbons (Fsp3) is 0.278. The Balaban J connectivity index is 1.70. The maximum Gasteiger partial charge on any atom is 0.161 e. The molecule has 0 saturated carbocycles. The first-order valence-corrected chi connectivity index (χ1v) is 7.94. The van der Waals surface area contributed by atoms with Crippen LogP contribution >= 0.6 is 0 Å². The predicted octanol–water partition coefficient (Wildman–Crippen LogP) is 2.78. The van der Waals surface area contributed by atoms with Crippen molar-refractivity contribution in [2.45, 2.75) is 0 Å². The summed E-state index contributed by atoms with van der Waals surface area (Å²) in [6.07, 6.45) is 0. The second kappa shape index (κ2) is 6.05. The van der Waals surface area contributed by atoms with Crippen LogP contribution in [0.2, 0.25) is 0 Å². The number of nitrogens with zero attached hydrogens (tertiary/aromatic N) is 2. The van der Waals surface area contributed by atoms with E-state index in [2.05, 4.69) is 27.0 Å². The topological polar surface area (TPSA) is 70.6 Å². The highest BCUT2D eigenvalue weighted by Crippen LogP contribution is 2.31. The molecule has 24 heavy (non-hydrogen) atoms. The molecule has 2 aromatic carbocycles. The fourth-order valence-electron chi connectivity index (χ4n) is 2.98. The number of rotatable bonds is 3. The van der Waals surface area contributed by atoms with E-state index in [0.717, 1.165) is 48.7 Å². The molecule has 0 aliphatic carbocycles. The van der Waals surface area contributed by atoms with E-state index in [1.807, 2.05) is 12.1 Å². The second-order valence-corrected chi connectivity index (χ2v) is 5.77. The minimum absolute atomic E-state index is 0.118. The van der Waals surface area contributed by atoms with Crippen LogP contribution in [0.25, 0.3) is 22.4 Å². The molecule has 2 heterocycles. The van der Waals surface area contributed by atoms with E-state index >= 15 is 0 Å². The molecule has 3 aromatic rings. The van der Waals surface area contributed by atoms with Gasteiger partial charge in [-0.3, -0.25) is 0 Å². The van der Waals surface area contributed by atoms with Crippen LogP contribution in [-0.2, 0) is 4.74 Å². The van der Waals surface area contributed by atoms with Gasteiger partial charge in [0.1, 0.15) is 5.82 Å². The summed E-state index contributed by atoms with van der Waals surface area (Å²) in [6, 6.07) is 11.4. The van der Waals surface area contributed by atoms with Crippen LogP contribution in [0, 0.1) is 0 Å². The Hall–Kier alpha value is -2.73. The molecule has 1 aliphatic rings. The minimum atomic E-state index is 0.118. The van der Waals surface area contributed by atoms with Crippen molar-refractivity contribution in [3.8, 4) is 22.9 Å². The molecule has 1 saturated heterocycles. The summed E-state index contributed by atoms with van der Waals surface area (Å²) >= 11 is 0. The number of nitrogens with one attached hydrogen (secondary N) is 1. The van der Waals surface area contributed by atoms with Crippen molar-refractivity contribution in [3.05, 3.63) is 36.4 Å². The van der Waals surface area contributed by atoms with E-state index < -0.39 is 0 Å². The number of aromatic amines is 1.